The van der Waals surface area contributed by atoms with E-state index in [-0.39, 0.29) is 18.8 Å². The summed E-state index contributed by atoms with van der Waals surface area (Å²) in [5.41, 5.74) is 1.17. The maximum absolute atomic E-state index is 12.5. The lowest BCUT2D eigenvalue weighted by atomic mass is 10.1. The Morgan fingerprint density at radius 2 is 1.90 bits per heavy atom. The van der Waals surface area contributed by atoms with Gasteiger partial charge in [0.05, 0.1) is 40.8 Å². The zero-order valence-corrected chi connectivity index (χ0v) is 18.9. The molecule has 0 unspecified atom stereocenters. The normalized spacial score (nSPS) is 12.3. The minimum absolute atomic E-state index is 0.0913. The first-order chi connectivity index (χ1) is 14.6. The van der Waals surface area contributed by atoms with Crippen molar-refractivity contribution in [3.63, 3.8) is 0 Å². The van der Waals surface area contributed by atoms with Gasteiger partial charge >= 0.3 is 0 Å². The van der Waals surface area contributed by atoms with E-state index < -0.39 is 17.9 Å². The summed E-state index contributed by atoms with van der Waals surface area (Å²) in [6.45, 7) is 2.67. The molecule has 1 heterocycles. The van der Waals surface area contributed by atoms with Crippen molar-refractivity contribution in [2.45, 2.75) is 38.8 Å². The number of nitrogens with one attached hydrogen (secondary N) is 1. The van der Waals surface area contributed by atoms with E-state index in [0.29, 0.717) is 28.3 Å². The fraction of sp³-hybridized carbons (Fsp3) is 0.478. The fourth-order valence-corrected chi connectivity index (χ4v) is 3.28. The summed E-state index contributed by atoms with van der Waals surface area (Å²) in [5, 5.41) is 13.7. The van der Waals surface area contributed by atoms with E-state index in [4.69, 9.17) is 13.9 Å². The molecule has 8 nitrogen and oxygen atoms in total. The quantitative estimate of drug-likeness (QED) is 0.513. The number of ether oxygens (including phenoxy) is 2. The highest BCUT2D eigenvalue weighted by Gasteiger charge is 2.22. The SMILES string of the molecule is CCCc1ccc(OCc2ccc(C(=O)N[C@H](CC(=O)[O-])C[N+](C)(C)C)o2)c(OC)c1. The molecule has 0 radical (unpaired) electrons. The number of carboxylic acid groups (broad SMARTS) is 1. The van der Waals surface area contributed by atoms with E-state index in [9.17, 15) is 14.7 Å². The number of carbonyl (C=O) groups excluding carboxylic acids is 2. The lowest BCUT2D eigenvalue weighted by Crippen LogP contribution is -2.50. The first-order valence-corrected chi connectivity index (χ1v) is 10.3. The van der Waals surface area contributed by atoms with Crippen LogP contribution in [-0.4, -0.2) is 57.2 Å². The molecule has 8 heteroatoms. The van der Waals surface area contributed by atoms with Gasteiger partial charge in [-0.25, -0.2) is 0 Å². The van der Waals surface area contributed by atoms with Crippen molar-refractivity contribution in [2.24, 2.45) is 0 Å². The molecular formula is C23H32N2O6. The summed E-state index contributed by atoms with van der Waals surface area (Å²) < 4.78 is 17.3. The second-order valence-electron chi connectivity index (χ2n) is 8.51. The molecule has 0 bridgehead atoms. The van der Waals surface area contributed by atoms with Crippen LogP contribution in [-0.2, 0) is 17.8 Å². The number of likely N-dealkylation sites (N-methyl/N-ethyl adjacent to an activating group) is 1. The van der Waals surface area contributed by atoms with E-state index >= 15 is 0 Å². The molecule has 0 saturated heterocycles. The van der Waals surface area contributed by atoms with Crippen molar-refractivity contribution in [3.8, 4) is 11.5 Å². The molecule has 1 N–H and O–H groups in total. The second-order valence-corrected chi connectivity index (χ2v) is 8.51. The van der Waals surface area contributed by atoms with Gasteiger partial charge in [0.2, 0.25) is 0 Å². The highest BCUT2D eigenvalue weighted by molar-refractivity contribution is 5.91. The molecular weight excluding hydrogens is 400 g/mol. The number of methoxy groups -OCH3 is 1. The number of carbonyl (C=O) groups is 2. The number of aliphatic carboxylic acids is 1. The molecule has 0 spiro atoms. The van der Waals surface area contributed by atoms with E-state index in [1.165, 1.54) is 11.6 Å². The summed E-state index contributed by atoms with van der Waals surface area (Å²) in [6, 6.07) is 8.42. The number of hydrogen-bond acceptors (Lipinski definition) is 6. The maximum atomic E-state index is 12.5. The Morgan fingerprint density at radius 3 is 2.52 bits per heavy atom. The van der Waals surface area contributed by atoms with Crippen molar-refractivity contribution in [1.29, 1.82) is 0 Å². The van der Waals surface area contributed by atoms with Crippen LogP contribution in [0.15, 0.2) is 34.7 Å². The van der Waals surface area contributed by atoms with Gasteiger partial charge in [0.15, 0.2) is 17.3 Å². The molecule has 0 saturated carbocycles. The molecule has 1 amide bonds. The van der Waals surface area contributed by atoms with Crippen LogP contribution in [0.4, 0.5) is 0 Å². The number of amides is 1. The van der Waals surface area contributed by atoms with E-state index in [2.05, 4.69) is 12.2 Å². The van der Waals surface area contributed by atoms with Crippen molar-refractivity contribution in [1.82, 2.24) is 5.32 Å². The molecule has 2 rings (SSSR count). The zero-order valence-electron chi connectivity index (χ0n) is 18.9. The highest BCUT2D eigenvalue weighted by Crippen LogP contribution is 2.29. The molecule has 1 aromatic heterocycles. The number of aryl methyl sites for hydroxylation is 1. The van der Waals surface area contributed by atoms with Crippen LogP contribution in [0.2, 0.25) is 0 Å². The molecule has 1 aromatic carbocycles. The standard InChI is InChI=1S/C23H32N2O6/c1-6-7-16-8-10-19(21(12-16)29-5)30-15-18-9-11-20(31-18)23(28)24-17(13-22(26)27)14-25(2,3)4/h8-12,17H,6-7,13-15H2,1-5H3,(H-,24,26,27,28)/t17-/m1/s1. The van der Waals surface area contributed by atoms with E-state index in [1.54, 1.807) is 13.2 Å². The predicted molar refractivity (Wildman–Crippen MR) is 114 cm³/mol. The van der Waals surface area contributed by atoms with Gasteiger partial charge in [-0.15, -0.1) is 0 Å². The minimum atomic E-state index is -1.22. The van der Waals surface area contributed by atoms with Crippen molar-refractivity contribution < 1.29 is 33.1 Å². The second kappa shape index (κ2) is 10.9. The van der Waals surface area contributed by atoms with Gasteiger partial charge in [-0.05, 0) is 36.2 Å². The summed E-state index contributed by atoms with van der Waals surface area (Å²) in [5.74, 6) is 0.0859. The first-order valence-electron chi connectivity index (χ1n) is 10.3. The number of furan rings is 1. The Hall–Kier alpha value is -3.00. The molecule has 170 valence electrons. The predicted octanol–water partition coefficient (Wildman–Crippen LogP) is 1.76. The smallest absolute Gasteiger partial charge is 0.287 e. The number of rotatable bonds is 12. The molecule has 31 heavy (non-hydrogen) atoms. The molecule has 0 aliphatic heterocycles. The van der Waals surface area contributed by atoms with Gasteiger partial charge in [-0.1, -0.05) is 19.4 Å². The molecule has 0 aliphatic rings. The maximum Gasteiger partial charge on any atom is 0.287 e. The molecule has 2 aromatic rings. The monoisotopic (exact) mass is 432 g/mol. The number of nitrogens with zero attached hydrogens (tertiary/aromatic N) is 1. The van der Waals surface area contributed by atoms with Crippen LogP contribution in [0.1, 0.15) is 41.6 Å². The van der Waals surface area contributed by atoms with E-state index in [1.807, 2.05) is 39.3 Å². The van der Waals surface area contributed by atoms with Crippen molar-refractivity contribution >= 4 is 11.9 Å². The Balaban J connectivity index is 2.01. The third-order valence-corrected chi connectivity index (χ3v) is 4.54. The van der Waals surface area contributed by atoms with Gasteiger partial charge in [0.25, 0.3) is 5.91 Å². The zero-order chi connectivity index (χ0) is 23.0. The van der Waals surface area contributed by atoms with E-state index in [0.717, 1.165) is 12.8 Å². The van der Waals surface area contributed by atoms with Crippen molar-refractivity contribution in [3.05, 3.63) is 47.4 Å². The molecule has 0 aliphatic carbocycles. The largest absolute Gasteiger partial charge is 0.550 e. The average molecular weight is 433 g/mol. The Kier molecular flexibility index (Phi) is 8.50. The Morgan fingerprint density at radius 1 is 1.16 bits per heavy atom. The lowest BCUT2D eigenvalue weighted by Gasteiger charge is -2.29. The minimum Gasteiger partial charge on any atom is -0.550 e. The summed E-state index contributed by atoms with van der Waals surface area (Å²) >= 11 is 0. The third-order valence-electron chi connectivity index (χ3n) is 4.54. The lowest BCUT2D eigenvalue weighted by molar-refractivity contribution is -0.871. The van der Waals surface area contributed by atoms with Crippen LogP contribution in [0.25, 0.3) is 0 Å². The third kappa shape index (κ3) is 7.97. The van der Waals surface area contributed by atoms with Crippen molar-refractivity contribution in [2.75, 3.05) is 34.8 Å². The van der Waals surface area contributed by atoms with Gasteiger partial charge in [0.1, 0.15) is 12.4 Å². The molecule has 0 fully saturated rings. The summed E-state index contributed by atoms with van der Waals surface area (Å²) in [7, 11) is 7.34. The van der Waals surface area contributed by atoms with Crippen LogP contribution in [0.5, 0.6) is 11.5 Å². The first kappa shape index (κ1) is 24.3. The van der Waals surface area contributed by atoms with Gasteiger partial charge in [0, 0.05) is 12.4 Å². The number of carboxylic acids is 1. The van der Waals surface area contributed by atoms with Crippen LogP contribution in [0, 0.1) is 0 Å². The fourth-order valence-electron chi connectivity index (χ4n) is 3.28. The highest BCUT2D eigenvalue weighted by atomic mass is 16.5. The number of benzene rings is 1. The summed E-state index contributed by atoms with van der Waals surface area (Å²) in [4.78, 5) is 23.6. The van der Waals surface area contributed by atoms with Crippen LogP contribution >= 0.6 is 0 Å². The number of hydrogen-bond donors (Lipinski definition) is 1. The van der Waals surface area contributed by atoms with Crippen LogP contribution < -0.4 is 19.9 Å². The summed E-state index contributed by atoms with van der Waals surface area (Å²) in [6.07, 6.45) is 1.73. The number of quaternary nitrogens is 1. The Bertz CT molecular complexity index is 884. The topological polar surface area (TPSA) is 101 Å². The van der Waals surface area contributed by atoms with Gasteiger partial charge < -0.3 is 33.6 Å². The molecule has 1 atom stereocenters. The van der Waals surface area contributed by atoms with Crippen LogP contribution in [0.3, 0.4) is 0 Å². The van der Waals surface area contributed by atoms with Gasteiger partial charge in [-0.2, -0.15) is 0 Å². The average Bonchev–Trinajstić information content (AvgIpc) is 3.14. The Labute approximate surface area is 183 Å². The van der Waals surface area contributed by atoms with Gasteiger partial charge in [-0.3, -0.25) is 4.79 Å².